The molecule has 0 saturated heterocycles. The summed E-state index contributed by atoms with van der Waals surface area (Å²) in [7, 11) is 0. The van der Waals surface area contributed by atoms with Gasteiger partial charge in [-0.15, -0.1) is 0 Å². The summed E-state index contributed by atoms with van der Waals surface area (Å²) in [4.78, 5) is 27.0. The monoisotopic (exact) mass is 262 g/mol. The molecule has 19 heavy (non-hydrogen) atoms. The molecule has 1 aromatic carbocycles. The van der Waals surface area contributed by atoms with Gasteiger partial charge in [0.1, 0.15) is 5.92 Å². The molecule has 0 aliphatic carbocycles. The fourth-order valence-electron chi connectivity index (χ4n) is 2.46. The Labute approximate surface area is 112 Å². The highest BCUT2D eigenvalue weighted by Gasteiger charge is 2.37. The van der Waals surface area contributed by atoms with E-state index >= 15 is 0 Å². The second kappa shape index (κ2) is 5.30. The summed E-state index contributed by atoms with van der Waals surface area (Å²) in [6, 6.07) is 7.09. The normalized spacial score (nSPS) is 17.2. The molecule has 1 aliphatic heterocycles. The molecule has 0 fully saturated rings. The maximum absolute atomic E-state index is 12.4. The van der Waals surface area contributed by atoms with Crippen molar-refractivity contribution in [2.75, 3.05) is 24.5 Å². The third-order valence-electron chi connectivity index (χ3n) is 3.53. The number of rotatable bonds is 3. The first-order chi connectivity index (χ1) is 9.10. The molecule has 0 saturated carbocycles. The number of aliphatic carboxylic acids is 1. The van der Waals surface area contributed by atoms with Crippen LogP contribution < -0.4 is 4.90 Å². The number of benzene rings is 1. The molecule has 0 radical (unpaired) electrons. The van der Waals surface area contributed by atoms with Gasteiger partial charge in [0.05, 0.1) is 0 Å². The van der Waals surface area contributed by atoms with Crippen LogP contribution in [0, 0.1) is 0 Å². The quantitative estimate of drug-likeness (QED) is 0.907. The lowest BCUT2D eigenvalue weighted by Gasteiger charge is -2.26. The summed E-state index contributed by atoms with van der Waals surface area (Å²) in [6.45, 7) is 5.28. The highest BCUT2D eigenvalue weighted by Crippen LogP contribution is 2.36. The van der Waals surface area contributed by atoms with Crippen molar-refractivity contribution in [1.29, 1.82) is 0 Å². The molecular weight excluding hydrogens is 244 g/mol. The number of carboxylic acid groups (broad SMARTS) is 1. The lowest BCUT2D eigenvalue weighted by atomic mass is 10.0. The number of carboxylic acids is 1. The van der Waals surface area contributed by atoms with Crippen LogP contribution in [0.25, 0.3) is 0 Å². The number of urea groups is 1. The fourth-order valence-corrected chi connectivity index (χ4v) is 2.46. The first-order valence-corrected chi connectivity index (χ1v) is 6.48. The maximum atomic E-state index is 12.4. The highest BCUT2D eigenvalue weighted by molar-refractivity contribution is 5.98. The number of hydrogen-bond acceptors (Lipinski definition) is 2. The molecule has 1 heterocycles. The van der Waals surface area contributed by atoms with Gasteiger partial charge >= 0.3 is 12.0 Å². The molecule has 0 bridgehead atoms. The van der Waals surface area contributed by atoms with E-state index < -0.39 is 11.9 Å². The standard InChI is InChI=1S/C14H18N2O3/c1-3-15(4-2)14(19)16-9-11(13(17)18)10-7-5-6-8-12(10)16/h5-8,11H,3-4,9H2,1-2H3,(H,17,18). The van der Waals surface area contributed by atoms with Crippen molar-refractivity contribution in [3.63, 3.8) is 0 Å². The van der Waals surface area contributed by atoms with Gasteiger partial charge in [-0.1, -0.05) is 18.2 Å². The first kappa shape index (κ1) is 13.4. The smallest absolute Gasteiger partial charge is 0.324 e. The third kappa shape index (κ3) is 2.28. The van der Waals surface area contributed by atoms with E-state index in [0.29, 0.717) is 18.8 Å². The number of carbonyl (C=O) groups is 2. The van der Waals surface area contributed by atoms with Crippen LogP contribution in [0.15, 0.2) is 24.3 Å². The van der Waals surface area contributed by atoms with E-state index in [0.717, 1.165) is 5.56 Å². The van der Waals surface area contributed by atoms with Gasteiger partial charge < -0.3 is 10.0 Å². The largest absolute Gasteiger partial charge is 0.481 e. The van der Waals surface area contributed by atoms with E-state index in [-0.39, 0.29) is 12.6 Å². The van der Waals surface area contributed by atoms with E-state index in [1.54, 1.807) is 28.0 Å². The zero-order valence-electron chi connectivity index (χ0n) is 11.2. The van der Waals surface area contributed by atoms with Crippen LogP contribution in [0.1, 0.15) is 25.3 Å². The summed E-state index contributed by atoms with van der Waals surface area (Å²) < 4.78 is 0. The van der Waals surface area contributed by atoms with Crippen LogP contribution in [-0.4, -0.2) is 41.6 Å². The Kier molecular flexibility index (Phi) is 3.74. The molecule has 5 heteroatoms. The second-order valence-corrected chi connectivity index (χ2v) is 4.52. The van der Waals surface area contributed by atoms with Crippen molar-refractivity contribution < 1.29 is 14.7 Å². The molecule has 2 rings (SSSR count). The van der Waals surface area contributed by atoms with Crippen molar-refractivity contribution in [2.45, 2.75) is 19.8 Å². The summed E-state index contributed by atoms with van der Waals surface area (Å²) in [5.74, 6) is -1.52. The van der Waals surface area contributed by atoms with Gasteiger partial charge in [-0.25, -0.2) is 4.79 Å². The maximum Gasteiger partial charge on any atom is 0.324 e. The van der Waals surface area contributed by atoms with Gasteiger partial charge in [-0.3, -0.25) is 9.69 Å². The Hall–Kier alpha value is -2.04. The van der Waals surface area contributed by atoms with E-state index in [2.05, 4.69) is 0 Å². The third-order valence-corrected chi connectivity index (χ3v) is 3.53. The Morgan fingerprint density at radius 3 is 2.53 bits per heavy atom. The van der Waals surface area contributed by atoms with Gasteiger partial charge in [-0.05, 0) is 25.5 Å². The Balaban J connectivity index is 2.35. The average Bonchev–Trinajstić information content (AvgIpc) is 2.79. The van der Waals surface area contributed by atoms with E-state index in [1.807, 2.05) is 19.9 Å². The fraction of sp³-hybridized carbons (Fsp3) is 0.429. The molecule has 1 aliphatic rings. The topological polar surface area (TPSA) is 60.9 Å². The predicted octanol–water partition coefficient (Wildman–Crippen LogP) is 2.14. The molecule has 0 spiro atoms. The molecule has 0 aromatic heterocycles. The van der Waals surface area contributed by atoms with Crippen LogP contribution in [0.3, 0.4) is 0 Å². The van der Waals surface area contributed by atoms with Crippen LogP contribution in [-0.2, 0) is 4.79 Å². The van der Waals surface area contributed by atoms with Crippen LogP contribution in [0.5, 0.6) is 0 Å². The molecule has 1 unspecified atom stereocenters. The van der Waals surface area contributed by atoms with E-state index in [4.69, 9.17) is 0 Å². The molecule has 1 aromatic rings. The number of hydrogen-bond donors (Lipinski definition) is 1. The summed E-state index contributed by atoms with van der Waals surface area (Å²) in [5, 5.41) is 9.26. The number of para-hydroxylation sites is 1. The van der Waals surface area contributed by atoms with Crippen molar-refractivity contribution in [2.24, 2.45) is 0 Å². The Bertz CT molecular complexity index is 497. The number of anilines is 1. The van der Waals surface area contributed by atoms with E-state index in [1.165, 1.54) is 0 Å². The Morgan fingerprint density at radius 1 is 1.32 bits per heavy atom. The summed E-state index contributed by atoms with van der Waals surface area (Å²) >= 11 is 0. The summed E-state index contributed by atoms with van der Waals surface area (Å²) in [5.41, 5.74) is 1.43. The SMILES string of the molecule is CCN(CC)C(=O)N1CC(C(=O)O)c2ccccc21. The second-order valence-electron chi connectivity index (χ2n) is 4.52. The Morgan fingerprint density at radius 2 is 1.95 bits per heavy atom. The van der Waals surface area contributed by atoms with Crippen molar-refractivity contribution >= 4 is 17.7 Å². The lowest BCUT2D eigenvalue weighted by molar-refractivity contribution is -0.138. The van der Waals surface area contributed by atoms with Crippen molar-refractivity contribution in [3.05, 3.63) is 29.8 Å². The number of nitrogens with zero attached hydrogens (tertiary/aromatic N) is 2. The van der Waals surface area contributed by atoms with E-state index in [9.17, 15) is 14.7 Å². The predicted molar refractivity (Wildman–Crippen MR) is 72.5 cm³/mol. The molecule has 5 nitrogen and oxygen atoms in total. The summed E-state index contributed by atoms with van der Waals surface area (Å²) in [6.07, 6.45) is 0. The minimum atomic E-state index is -0.887. The molecule has 1 atom stereocenters. The van der Waals surface area contributed by atoms with Gasteiger partial charge in [0.15, 0.2) is 0 Å². The average molecular weight is 262 g/mol. The first-order valence-electron chi connectivity index (χ1n) is 6.48. The highest BCUT2D eigenvalue weighted by atomic mass is 16.4. The zero-order valence-corrected chi connectivity index (χ0v) is 11.2. The zero-order chi connectivity index (χ0) is 14.0. The van der Waals surface area contributed by atoms with Crippen molar-refractivity contribution in [1.82, 2.24) is 4.90 Å². The molecule has 1 N–H and O–H groups in total. The van der Waals surface area contributed by atoms with Crippen LogP contribution in [0.2, 0.25) is 0 Å². The van der Waals surface area contributed by atoms with Gasteiger partial charge in [0, 0.05) is 25.3 Å². The molecule has 2 amide bonds. The van der Waals surface area contributed by atoms with Crippen LogP contribution in [0.4, 0.5) is 10.5 Å². The minimum absolute atomic E-state index is 0.124. The number of carbonyl (C=O) groups excluding carboxylic acids is 1. The van der Waals surface area contributed by atoms with Crippen LogP contribution >= 0.6 is 0 Å². The van der Waals surface area contributed by atoms with Crippen molar-refractivity contribution in [3.8, 4) is 0 Å². The number of amides is 2. The molecular formula is C14H18N2O3. The molecule has 102 valence electrons. The van der Waals surface area contributed by atoms with Gasteiger partial charge in [0.2, 0.25) is 0 Å². The van der Waals surface area contributed by atoms with Gasteiger partial charge in [0.25, 0.3) is 0 Å². The van der Waals surface area contributed by atoms with Gasteiger partial charge in [-0.2, -0.15) is 0 Å². The number of fused-ring (bicyclic) bond motifs is 1. The lowest BCUT2D eigenvalue weighted by Crippen LogP contribution is -2.43. The minimum Gasteiger partial charge on any atom is -0.481 e.